The fourth-order valence-corrected chi connectivity index (χ4v) is 7.31. The van der Waals surface area contributed by atoms with E-state index >= 15 is 0 Å². The summed E-state index contributed by atoms with van der Waals surface area (Å²) in [7, 11) is -1.63. The van der Waals surface area contributed by atoms with Gasteiger partial charge in [-0.05, 0) is 70.2 Å². The normalized spacial score (nSPS) is 17.3. The molecule has 1 aromatic rings. The quantitative estimate of drug-likeness (QED) is 0.133. The Balaban J connectivity index is -0.000000757. The highest BCUT2D eigenvalue weighted by Gasteiger charge is 2.41. The number of primary amides is 2. The lowest BCUT2D eigenvalue weighted by Crippen LogP contribution is -2.59. The third-order valence-corrected chi connectivity index (χ3v) is 9.85. The molecule has 3 rings (SSSR count). The van der Waals surface area contributed by atoms with E-state index in [1.165, 1.54) is 18.7 Å². The predicted octanol–water partition coefficient (Wildman–Crippen LogP) is 4.53. The first-order valence-electron chi connectivity index (χ1n) is 17.8. The first-order chi connectivity index (χ1) is 23.9. The van der Waals surface area contributed by atoms with E-state index < -0.39 is 33.1 Å². The van der Waals surface area contributed by atoms with Gasteiger partial charge in [0.15, 0.2) is 14.9 Å². The molecule has 2 unspecified atom stereocenters. The zero-order chi connectivity index (χ0) is 39.7. The second-order valence-corrected chi connectivity index (χ2v) is 15.8. The van der Waals surface area contributed by atoms with Gasteiger partial charge in [-0.3, -0.25) is 24.1 Å². The Hall–Kier alpha value is -3.49. The van der Waals surface area contributed by atoms with Crippen LogP contribution >= 0.6 is 0 Å². The summed E-state index contributed by atoms with van der Waals surface area (Å²) >= 11 is 0. The monoisotopic (exact) mass is 755 g/mol. The highest BCUT2D eigenvalue weighted by molar-refractivity contribution is 7.91. The Morgan fingerprint density at radius 1 is 1.10 bits per heavy atom. The molecule has 0 bridgehead atoms. The molecule has 0 spiro atoms. The number of nitrogens with zero attached hydrogens (tertiary/aromatic N) is 2. The maximum absolute atomic E-state index is 12.8. The van der Waals surface area contributed by atoms with Crippen LogP contribution in [0.4, 0.5) is 0 Å². The molecule has 2 fully saturated rings. The van der Waals surface area contributed by atoms with Crippen molar-refractivity contribution in [1.82, 2.24) is 20.5 Å². The Labute approximate surface area is 314 Å². The number of sulfone groups is 1. The number of nitrogens with two attached hydrogens (primary N) is 2. The highest BCUT2D eigenvalue weighted by atomic mass is 32.2. The molecule has 1 saturated heterocycles. The fraction of sp³-hybridized carbons (Fsp3) is 0.684. The maximum atomic E-state index is 12.8. The van der Waals surface area contributed by atoms with Crippen LogP contribution in [0.15, 0.2) is 42.1 Å². The van der Waals surface area contributed by atoms with Crippen LogP contribution in [0.5, 0.6) is 0 Å². The molecule has 0 radical (unpaired) electrons. The van der Waals surface area contributed by atoms with Gasteiger partial charge >= 0.3 is 0 Å². The van der Waals surface area contributed by atoms with Crippen LogP contribution in [-0.4, -0.2) is 91.6 Å². The molecule has 3 amide bonds. The van der Waals surface area contributed by atoms with Crippen molar-refractivity contribution in [2.24, 2.45) is 16.9 Å². The lowest BCUT2D eigenvalue weighted by atomic mass is 9.79. The summed E-state index contributed by atoms with van der Waals surface area (Å²) in [5, 5.41) is 6.16. The Kier molecular flexibility index (Phi) is 28.5. The van der Waals surface area contributed by atoms with Crippen molar-refractivity contribution in [3.8, 4) is 0 Å². The van der Waals surface area contributed by atoms with Crippen molar-refractivity contribution in [2.75, 3.05) is 19.3 Å². The van der Waals surface area contributed by atoms with E-state index in [4.69, 9.17) is 10.5 Å². The Morgan fingerprint density at radius 3 is 2.02 bits per heavy atom. The molecule has 14 heteroatoms. The average Bonchev–Trinajstić information content (AvgIpc) is 3.50. The summed E-state index contributed by atoms with van der Waals surface area (Å²) in [6, 6.07) is 3.56. The molecule has 2 heterocycles. The third kappa shape index (κ3) is 20.5. The van der Waals surface area contributed by atoms with E-state index in [1.807, 2.05) is 46.6 Å². The van der Waals surface area contributed by atoms with Gasteiger partial charge in [0.25, 0.3) is 5.91 Å². The van der Waals surface area contributed by atoms with Gasteiger partial charge < -0.3 is 26.9 Å². The number of ketones is 1. The van der Waals surface area contributed by atoms with Crippen LogP contribution in [0.1, 0.15) is 120 Å². The predicted molar refractivity (Wildman–Crippen MR) is 210 cm³/mol. The number of likely N-dealkylation sites (N-methyl/N-ethyl adjacent to an activating group) is 1. The minimum atomic E-state index is -3.51. The smallest absolute Gasteiger partial charge is 0.287 e. The number of amides is 3. The van der Waals surface area contributed by atoms with E-state index in [2.05, 4.69) is 41.8 Å². The van der Waals surface area contributed by atoms with E-state index in [1.54, 1.807) is 18.2 Å². The molecule has 1 saturated carbocycles. The van der Waals surface area contributed by atoms with E-state index in [-0.39, 0.29) is 48.0 Å². The summed E-state index contributed by atoms with van der Waals surface area (Å²) in [5.41, 5.74) is 8.32. The van der Waals surface area contributed by atoms with Gasteiger partial charge in [-0.2, -0.15) is 0 Å². The Morgan fingerprint density at radius 2 is 1.63 bits per heavy atom. The number of nitrogens with one attached hydrogen (secondary N) is 2. The van der Waals surface area contributed by atoms with Gasteiger partial charge in [0.2, 0.25) is 18.1 Å². The molecular formula is C38H70N6O7S. The molecule has 6 N–H and O–H groups in total. The zero-order valence-electron chi connectivity index (χ0n) is 32.3. The molecule has 3 atom stereocenters. The minimum Gasteiger partial charge on any atom is -0.372 e. The summed E-state index contributed by atoms with van der Waals surface area (Å²) in [6.07, 6.45) is 13.1. The first kappa shape index (κ1) is 52.9. The molecule has 300 valence electrons. The summed E-state index contributed by atoms with van der Waals surface area (Å²) < 4.78 is 25.7. The number of carbonyl (C=O) groups is 5. The fourth-order valence-electron chi connectivity index (χ4n) is 5.55. The van der Waals surface area contributed by atoms with E-state index in [0.29, 0.717) is 12.8 Å². The molecule has 52 heavy (non-hydrogen) atoms. The lowest BCUT2D eigenvalue weighted by molar-refractivity contribution is -0.139. The molecule has 13 nitrogen and oxygen atoms in total. The number of pyridine rings is 1. The molecule has 1 aliphatic carbocycles. The number of Topliss-reactive ketones (excluding diaryl/α,β-unsaturated/α-hetero) is 1. The number of aldehydes is 1. The molecule has 1 aliphatic heterocycles. The van der Waals surface area contributed by atoms with Gasteiger partial charge in [0.05, 0.1) is 23.9 Å². The first-order valence-corrected chi connectivity index (χ1v) is 19.5. The number of allylic oxidation sites excluding steroid dienone is 1. The van der Waals surface area contributed by atoms with Crippen molar-refractivity contribution >= 4 is 40.1 Å². The average molecular weight is 755 g/mol. The highest BCUT2D eigenvalue weighted by Crippen LogP contribution is 2.33. The van der Waals surface area contributed by atoms with Crippen LogP contribution in [-0.2, 0) is 33.8 Å². The van der Waals surface area contributed by atoms with Gasteiger partial charge in [-0.15, -0.1) is 6.58 Å². The van der Waals surface area contributed by atoms with Crippen LogP contribution in [0, 0.1) is 5.41 Å². The molecule has 1 aromatic heterocycles. The molecule has 2 aliphatic rings. The van der Waals surface area contributed by atoms with Crippen molar-refractivity contribution in [2.45, 2.75) is 149 Å². The van der Waals surface area contributed by atoms with Crippen LogP contribution in [0.3, 0.4) is 0 Å². The van der Waals surface area contributed by atoms with Gasteiger partial charge in [0.1, 0.15) is 6.29 Å². The second kappa shape index (κ2) is 28.1. The number of carbonyl (C=O) groups excluding carboxylic acids is 5. The van der Waals surface area contributed by atoms with Gasteiger partial charge in [-0.1, -0.05) is 93.2 Å². The van der Waals surface area contributed by atoms with Crippen LogP contribution in [0.2, 0.25) is 0 Å². The second-order valence-electron chi connectivity index (χ2n) is 13.9. The number of hydrogen-bond acceptors (Lipinski definition) is 10. The Bertz CT molecular complexity index is 1270. The van der Waals surface area contributed by atoms with Gasteiger partial charge in [-0.25, -0.2) is 13.4 Å². The van der Waals surface area contributed by atoms with Crippen LogP contribution in [0.25, 0.3) is 0 Å². The summed E-state index contributed by atoms with van der Waals surface area (Å²) in [6.45, 7) is 18.2. The number of likely N-dealkylation sites (tertiary alicyclic amines) is 1. The summed E-state index contributed by atoms with van der Waals surface area (Å²) in [5.74, 6) is -1.92. The number of rotatable bonds is 12. The standard InChI is InChI=1S/C18H28N2O3S.C12H21N3O3.C3H8.C3H6.CH3NO.CH4/c1-17(2,3)15(13-21)20-18(10-6-4-7-11-18)14-24(22,23)16-9-5-8-12-19-16;1-3-5-8(10(16)11(13)17)14-12(18)9-6-4-7-15(9)2;2*1-3-2;2-1-3;/h5,8-9,12-13,15,20H,4,6-7,10-11,14H2,1-3H3;8-9H,3-7H2,1-2H3,(H2,13,17)(H,14,18);3H2,1-2H3;3H,1H2,2H3;1H,(H2,2,3);1H4/t;8?,9-;;;;/m.0..../s1. The molecule has 0 aromatic carbocycles. The molecular weight excluding hydrogens is 685 g/mol. The van der Waals surface area contributed by atoms with E-state index in [9.17, 15) is 27.6 Å². The minimum absolute atomic E-state index is 0. The SMILES string of the molecule is C.C=CC.CC(C)(C)C(C=O)NC1(CS(=O)(=O)c2ccccn2)CCCCC1.CCC.CCCC(NC(=O)[C@@H]1CCCN1C)C(=O)C(N)=O.NC=O. The van der Waals surface area contributed by atoms with Crippen molar-refractivity contribution in [1.29, 1.82) is 0 Å². The number of hydrogen-bond donors (Lipinski definition) is 4. The third-order valence-electron chi connectivity index (χ3n) is 8.04. The topological polar surface area (TPSA) is 212 Å². The number of aromatic nitrogens is 1. The van der Waals surface area contributed by atoms with E-state index in [0.717, 1.165) is 57.8 Å². The zero-order valence-corrected chi connectivity index (χ0v) is 33.1. The van der Waals surface area contributed by atoms with Crippen molar-refractivity contribution < 1.29 is 32.4 Å². The lowest BCUT2D eigenvalue weighted by Gasteiger charge is -2.42. The largest absolute Gasteiger partial charge is 0.372 e. The van der Waals surface area contributed by atoms with Crippen molar-refractivity contribution in [3.63, 3.8) is 0 Å². The van der Waals surface area contributed by atoms with Crippen LogP contribution < -0.4 is 22.1 Å². The van der Waals surface area contributed by atoms with Gasteiger partial charge in [0, 0.05) is 11.7 Å². The van der Waals surface area contributed by atoms with Crippen molar-refractivity contribution in [3.05, 3.63) is 37.1 Å². The maximum Gasteiger partial charge on any atom is 0.287 e. The summed E-state index contributed by atoms with van der Waals surface area (Å²) in [4.78, 5) is 60.6.